The largest absolute Gasteiger partial charge is 0.478 e. The lowest BCUT2D eigenvalue weighted by Crippen LogP contribution is -2.45. The number of carboxylic acids is 1. The lowest BCUT2D eigenvalue weighted by atomic mass is 10.1. The number of rotatable bonds is 3. The number of aromatic nitrogens is 1. The van der Waals surface area contributed by atoms with Crippen molar-refractivity contribution in [3.8, 4) is 0 Å². The van der Waals surface area contributed by atoms with Crippen LogP contribution in [0.25, 0.3) is 0 Å². The second kappa shape index (κ2) is 5.66. The summed E-state index contributed by atoms with van der Waals surface area (Å²) in [7, 11) is 0. The molecule has 110 valence electrons. The summed E-state index contributed by atoms with van der Waals surface area (Å²) < 4.78 is 42.2. The Labute approximate surface area is 113 Å². The first kappa shape index (κ1) is 14.6. The maximum atomic E-state index is 12.4. The van der Waals surface area contributed by atoms with Crippen molar-refractivity contribution in [2.75, 3.05) is 24.6 Å². The van der Waals surface area contributed by atoms with Crippen molar-refractivity contribution in [3.05, 3.63) is 23.9 Å². The zero-order chi connectivity index (χ0) is 14.8. The van der Waals surface area contributed by atoms with E-state index < -0.39 is 24.7 Å². The molecule has 0 aromatic carbocycles. The molecule has 1 atom stereocenters. The second-order valence-corrected chi connectivity index (χ2v) is 4.44. The normalized spacial score (nSPS) is 19.9. The summed E-state index contributed by atoms with van der Waals surface area (Å²) in [5.41, 5.74) is -0.0276. The van der Waals surface area contributed by atoms with Gasteiger partial charge in [0.2, 0.25) is 0 Å². The van der Waals surface area contributed by atoms with E-state index in [1.54, 1.807) is 0 Å². The van der Waals surface area contributed by atoms with Crippen molar-refractivity contribution < 1.29 is 27.8 Å². The predicted octanol–water partition coefficient (Wildman–Crippen LogP) is 1.94. The van der Waals surface area contributed by atoms with E-state index in [2.05, 4.69) is 4.98 Å². The molecule has 1 aliphatic rings. The van der Waals surface area contributed by atoms with Gasteiger partial charge in [0, 0.05) is 19.3 Å². The van der Waals surface area contributed by atoms with Crippen LogP contribution in [0.2, 0.25) is 0 Å². The van der Waals surface area contributed by atoms with Crippen LogP contribution >= 0.6 is 0 Å². The summed E-state index contributed by atoms with van der Waals surface area (Å²) in [5.74, 6) is -0.984. The average Bonchev–Trinajstić information content (AvgIpc) is 2.37. The standard InChI is InChI=1S/C12H13F3N2O3/c13-12(14,15)6-8-7-17(4-5-20-8)10-9(11(18)19)2-1-3-16-10/h1-3,8H,4-7H2,(H,18,19). The molecule has 20 heavy (non-hydrogen) atoms. The van der Waals surface area contributed by atoms with Gasteiger partial charge in [0.15, 0.2) is 0 Å². The molecule has 0 aliphatic carbocycles. The Bertz CT molecular complexity index is 493. The lowest BCUT2D eigenvalue weighted by molar-refractivity contribution is -0.161. The average molecular weight is 290 g/mol. The van der Waals surface area contributed by atoms with Crippen molar-refractivity contribution in [2.45, 2.75) is 18.7 Å². The van der Waals surface area contributed by atoms with Gasteiger partial charge >= 0.3 is 12.1 Å². The Hall–Kier alpha value is -1.83. The molecule has 1 saturated heterocycles. The van der Waals surface area contributed by atoms with Crippen molar-refractivity contribution in [1.29, 1.82) is 0 Å². The summed E-state index contributed by atoms with van der Waals surface area (Å²) in [5, 5.41) is 9.07. The predicted molar refractivity (Wildman–Crippen MR) is 63.8 cm³/mol. The number of hydrogen-bond acceptors (Lipinski definition) is 4. The van der Waals surface area contributed by atoms with E-state index in [4.69, 9.17) is 9.84 Å². The second-order valence-electron chi connectivity index (χ2n) is 4.44. The van der Waals surface area contributed by atoms with Crippen LogP contribution in [0, 0.1) is 0 Å². The fourth-order valence-electron chi connectivity index (χ4n) is 2.11. The number of alkyl halides is 3. The van der Waals surface area contributed by atoms with E-state index in [0.717, 1.165) is 0 Å². The van der Waals surface area contributed by atoms with Crippen LogP contribution in [0.15, 0.2) is 18.3 Å². The highest BCUT2D eigenvalue weighted by Crippen LogP contribution is 2.27. The Morgan fingerprint density at radius 1 is 1.55 bits per heavy atom. The maximum absolute atomic E-state index is 12.4. The number of nitrogens with zero attached hydrogens (tertiary/aromatic N) is 2. The van der Waals surface area contributed by atoms with Crippen molar-refractivity contribution in [2.24, 2.45) is 0 Å². The molecule has 0 amide bonds. The summed E-state index contributed by atoms with van der Waals surface area (Å²) >= 11 is 0. The number of pyridine rings is 1. The Morgan fingerprint density at radius 3 is 2.95 bits per heavy atom. The van der Waals surface area contributed by atoms with Crippen LogP contribution < -0.4 is 4.90 Å². The number of aromatic carboxylic acids is 1. The Morgan fingerprint density at radius 2 is 2.30 bits per heavy atom. The van der Waals surface area contributed by atoms with Gasteiger partial charge in [-0.05, 0) is 12.1 Å². The van der Waals surface area contributed by atoms with Crippen LogP contribution in [0.3, 0.4) is 0 Å². The molecule has 1 aromatic rings. The van der Waals surface area contributed by atoms with E-state index in [9.17, 15) is 18.0 Å². The quantitative estimate of drug-likeness (QED) is 0.921. The summed E-state index contributed by atoms with van der Waals surface area (Å²) in [6.45, 7) is 0.388. The van der Waals surface area contributed by atoms with Gasteiger partial charge in [-0.15, -0.1) is 0 Å². The molecular formula is C12H13F3N2O3. The van der Waals surface area contributed by atoms with Gasteiger partial charge in [0.1, 0.15) is 11.4 Å². The molecule has 2 rings (SSSR count). The molecule has 1 fully saturated rings. The summed E-state index contributed by atoms with van der Waals surface area (Å²) in [6.07, 6.45) is -4.96. The summed E-state index contributed by atoms with van der Waals surface area (Å²) in [4.78, 5) is 16.6. The van der Waals surface area contributed by atoms with Gasteiger partial charge in [-0.1, -0.05) is 0 Å². The molecule has 2 heterocycles. The fourth-order valence-corrected chi connectivity index (χ4v) is 2.11. The number of anilines is 1. The topological polar surface area (TPSA) is 62.7 Å². The van der Waals surface area contributed by atoms with Gasteiger partial charge in [0.05, 0.1) is 19.1 Å². The number of carboxylic acid groups (broad SMARTS) is 1. The first-order valence-corrected chi connectivity index (χ1v) is 5.98. The number of morpholine rings is 1. The molecule has 1 unspecified atom stereocenters. The Kier molecular flexibility index (Phi) is 4.12. The molecule has 1 N–H and O–H groups in total. The SMILES string of the molecule is O=C(O)c1cccnc1N1CCOC(CC(F)(F)F)C1. The first-order valence-electron chi connectivity index (χ1n) is 5.98. The van der Waals surface area contributed by atoms with Gasteiger partial charge in [0.25, 0.3) is 0 Å². The lowest BCUT2D eigenvalue weighted by Gasteiger charge is -2.34. The molecule has 5 nitrogen and oxygen atoms in total. The minimum Gasteiger partial charge on any atom is -0.478 e. The first-order chi connectivity index (χ1) is 9.37. The number of carbonyl (C=O) groups is 1. The highest BCUT2D eigenvalue weighted by atomic mass is 19.4. The van der Waals surface area contributed by atoms with Gasteiger partial charge < -0.3 is 14.7 Å². The smallest absolute Gasteiger partial charge is 0.391 e. The van der Waals surface area contributed by atoms with Crippen LogP contribution in [-0.4, -0.2) is 48.0 Å². The molecule has 0 saturated carbocycles. The van der Waals surface area contributed by atoms with Crippen molar-refractivity contribution in [3.63, 3.8) is 0 Å². The minimum atomic E-state index is -4.31. The van der Waals surface area contributed by atoms with Crippen LogP contribution in [0.4, 0.5) is 19.0 Å². The molecule has 0 spiro atoms. The van der Waals surface area contributed by atoms with Crippen LogP contribution in [-0.2, 0) is 4.74 Å². The molecule has 1 aliphatic heterocycles. The number of halogens is 3. The minimum absolute atomic E-state index is 0.0276. The highest BCUT2D eigenvalue weighted by Gasteiger charge is 2.35. The van der Waals surface area contributed by atoms with E-state index in [1.165, 1.54) is 23.2 Å². The molecule has 8 heteroatoms. The third-order valence-corrected chi connectivity index (χ3v) is 2.91. The van der Waals surface area contributed by atoms with Gasteiger partial charge in [-0.25, -0.2) is 9.78 Å². The van der Waals surface area contributed by atoms with E-state index in [-0.39, 0.29) is 24.5 Å². The molecular weight excluding hydrogens is 277 g/mol. The van der Waals surface area contributed by atoms with Crippen LogP contribution in [0.5, 0.6) is 0 Å². The van der Waals surface area contributed by atoms with Gasteiger partial charge in [-0.2, -0.15) is 13.2 Å². The van der Waals surface area contributed by atoms with E-state index >= 15 is 0 Å². The molecule has 0 bridgehead atoms. The Balaban J connectivity index is 2.15. The van der Waals surface area contributed by atoms with E-state index in [1.807, 2.05) is 0 Å². The maximum Gasteiger partial charge on any atom is 0.391 e. The summed E-state index contributed by atoms with van der Waals surface area (Å²) in [6, 6.07) is 2.85. The molecule has 0 radical (unpaired) electrons. The third-order valence-electron chi connectivity index (χ3n) is 2.91. The number of ether oxygens (including phenoxy) is 1. The fraction of sp³-hybridized carbons (Fsp3) is 0.500. The third kappa shape index (κ3) is 3.60. The zero-order valence-electron chi connectivity index (χ0n) is 10.4. The van der Waals surface area contributed by atoms with Gasteiger partial charge in [-0.3, -0.25) is 0 Å². The number of hydrogen-bond donors (Lipinski definition) is 1. The van der Waals surface area contributed by atoms with E-state index in [0.29, 0.717) is 6.54 Å². The molecule has 1 aromatic heterocycles. The highest BCUT2D eigenvalue weighted by molar-refractivity contribution is 5.93. The van der Waals surface area contributed by atoms with Crippen LogP contribution in [0.1, 0.15) is 16.8 Å². The zero-order valence-corrected chi connectivity index (χ0v) is 10.4. The van der Waals surface area contributed by atoms with Crippen molar-refractivity contribution in [1.82, 2.24) is 4.98 Å². The van der Waals surface area contributed by atoms with Crippen molar-refractivity contribution >= 4 is 11.8 Å². The monoisotopic (exact) mass is 290 g/mol.